The van der Waals surface area contributed by atoms with E-state index in [1.165, 1.54) is 13.2 Å². The maximum Gasteiger partial charge on any atom is 0.339 e. The zero-order chi connectivity index (χ0) is 18.9. The van der Waals surface area contributed by atoms with E-state index in [1.54, 1.807) is 18.2 Å². The van der Waals surface area contributed by atoms with Crippen LogP contribution in [0, 0.1) is 5.41 Å². The predicted octanol–water partition coefficient (Wildman–Crippen LogP) is 0.495. The fraction of sp³-hybridized carbons (Fsp3) is 0.471. The third-order valence-electron chi connectivity index (χ3n) is 4.77. The van der Waals surface area contributed by atoms with E-state index in [-0.39, 0.29) is 22.8 Å². The number of hydrogen-bond acceptors (Lipinski definition) is 6. The second-order valence-corrected chi connectivity index (χ2v) is 8.88. The van der Waals surface area contributed by atoms with E-state index in [1.807, 2.05) is 0 Å². The van der Waals surface area contributed by atoms with Crippen LogP contribution in [0.4, 0.5) is 5.69 Å². The van der Waals surface area contributed by atoms with Crippen LogP contribution in [-0.4, -0.2) is 50.9 Å². The van der Waals surface area contributed by atoms with Crippen molar-refractivity contribution >= 4 is 33.3 Å². The Bertz CT molecular complexity index is 860. The molecule has 0 radical (unpaired) electrons. The lowest BCUT2D eigenvalue weighted by atomic mass is 10.0. The van der Waals surface area contributed by atoms with Crippen molar-refractivity contribution < 1.29 is 27.5 Å². The van der Waals surface area contributed by atoms with Gasteiger partial charge in [-0.3, -0.25) is 9.59 Å². The van der Waals surface area contributed by atoms with E-state index in [9.17, 15) is 22.8 Å². The van der Waals surface area contributed by atoms with Crippen molar-refractivity contribution in [1.29, 1.82) is 0 Å². The number of para-hydroxylation sites is 1. The molecule has 1 unspecified atom stereocenters. The summed E-state index contributed by atoms with van der Waals surface area (Å²) in [5, 5.41) is 5.31. The summed E-state index contributed by atoms with van der Waals surface area (Å²) < 4.78 is 27.7. The molecule has 1 aliphatic carbocycles. The number of sulfone groups is 1. The Hall–Kier alpha value is -2.42. The molecule has 2 amide bonds. The van der Waals surface area contributed by atoms with Gasteiger partial charge in [-0.15, -0.1) is 0 Å². The summed E-state index contributed by atoms with van der Waals surface area (Å²) >= 11 is 0. The molecule has 0 spiro atoms. The Balaban J connectivity index is 1.70. The summed E-state index contributed by atoms with van der Waals surface area (Å²) in [6, 6.07) is 5.92. The Labute approximate surface area is 151 Å². The lowest BCUT2D eigenvalue weighted by Gasteiger charge is -2.19. The highest BCUT2D eigenvalue weighted by molar-refractivity contribution is 7.91. The average Bonchev–Trinajstić information content (AvgIpc) is 3.35. The van der Waals surface area contributed by atoms with Crippen molar-refractivity contribution in [1.82, 2.24) is 5.32 Å². The summed E-state index contributed by atoms with van der Waals surface area (Å²) in [4.78, 5) is 37.0. The molecule has 2 aliphatic rings. The first-order valence-electron chi connectivity index (χ1n) is 8.28. The molecule has 1 heterocycles. The molecule has 140 valence electrons. The highest BCUT2D eigenvalue weighted by Gasteiger charge is 2.57. The third-order valence-corrected chi connectivity index (χ3v) is 6.54. The molecular weight excluding hydrogens is 360 g/mol. The minimum atomic E-state index is -3.12. The van der Waals surface area contributed by atoms with Gasteiger partial charge in [0, 0.05) is 6.04 Å². The topological polar surface area (TPSA) is 119 Å². The molecule has 1 aliphatic heterocycles. The molecule has 2 fully saturated rings. The number of carbonyl (C=O) groups is 3. The minimum absolute atomic E-state index is 0.0453. The summed E-state index contributed by atoms with van der Waals surface area (Å²) in [6.45, 7) is 0. The summed E-state index contributed by atoms with van der Waals surface area (Å²) in [5.41, 5.74) is -0.747. The minimum Gasteiger partial charge on any atom is -0.465 e. The van der Waals surface area contributed by atoms with Gasteiger partial charge in [-0.25, -0.2) is 13.2 Å². The second-order valence-electron chi connectivity index (χ2n) is 6.65. The lowest BCUT2D eigenvalue weighted by molar-refractivity contribution is -0.134. The average molecular weight is 380 g/mol. The lowest BCUT2D eigenvalue weighted by Crippen LogP contribution is -2.45. The first-order valence-corrected chi connectivity index (χ1v) is 10.1. The van der Waals surface area contributed by atoms with Gasteiger partial charge in [0.2, 0.25) is 11.8 Å². The quantitative estimate of drug-likeness (QED) is 0.567. The van der Waals surface area contributed by atoms with E-state index >= 15 is 0 Å². The van der Waals surface area contributed by atoms with E-state index in [2.05, 4.69) is 15.4 Å². The molecule has 1 aromatic carbocycles. The number of methoxy groups -OCH3 is 1. The standard InChI is InChI=1S/C17H20N2O6S/c1-25-14(20)12-4-2-3-5-13(12)19-16(22)17(7-8-17)15(21)18-11-6-9-26(23,24)10-11/h2-5,11H,6-10H2,1H3,(H,18,21)(H,19,22). The van der Waals surface area contributed by atoms with Gasteiger partial charge in [0.1, 0.15) is 5.41 Å². The van der Waals surface area contributed by atoms with Crippen LogP contribution in [-0.2, 0) is 24.2 Å². The molecule has 1 saturated carbocycles. The van der Waals surface area contributed by atoms with Crippen LogP contribution in [0.5, 0.6) is 0 Å². The zero-order valence-electron chi connectivity index (χ0n) is 14.3. The maximum atomic E-state index is 12.7. The molecule has 8 nitrogen and oxygen atoms in total. The van der Waals surface area contributed by atoms with E-state index < -0.39 is 39.1 Å². The molecule has 0 aromatic heterocycles. The molecule has 1 aromatic rings. The van der Waals surface area contributed by atoms with E-state index in [0.717, 1.165) is 0 Å². The fourth-order valence-electron chi connectivity index (χ4n) is 3.04. The number of benzene rings is 1. The first kappa shape index (κ1) is 18.4. The van der Waals surface area contributed by atoms with Gasteiger partial charge in [0.05, 0.1) is 29.9 Å². The summed E-state index contributed by atoms with van der Waals surface area (Å²) in [7, 11) is -1.88. The molecule has 1 saturated heterocycles. The number of amides is 2. The van der Waals surface area contributed by atoms with Crippen molar-refractivity contribution in [2.24, 2.45) is 5.41 Å². The number of hydrogen-bond donors (Lipinski definition) is 2. The Morgan fingerprint density at radius 3 is 2.42 bits per heavy atom. The molecular formula is C17H20N2O6S. The van der Waals surface area contributed by atoms with Crippen LogP contribution in [0.2, 0.25) is 0 Å². The summed E-state index contributed by atoms with van der Waals surface area (Å²) in [6.07, 6.45) is 1.12. The number of esters is 1. The van der Waals surface area contributed by atoms with Crippen molar-refractivity contribution in [3.05, 3.63) is 29.8 Å². The molecule has 2 N–H and O–H groups in total. The van der Waals surface area contributed by atoms with Crippen LogP contribution in [0.15, 0.2) is 24.3 Å². The number of anilines is 1. The normalized spacial score (nSPS) is 22.3. The van der Waals surface area contributed by atoms with E-state index in [4.69, 9.17) is 0 Å². The van der Waals surface area contributed by atoms with Crippen LogP contribution in [0.3, 0.4) is 0 Å². The Morgan fingerprint density at radius 2 is 1.85 bits per heavy atom. The summed E-state index contributed by atoms with van der Waals surface area (Å²) in [5.74, 6) is -1.61. The van der Waals surface area contributed by atoms with Gasteiger partial charge >= 0.3 is 5.97 Å². The monoisotopic (exact) mass is 380 g/mol. The SMILES string of the molecule is COC(=O)c1ccccc1NC(=O)C1(C(=O)NC2CCS(=O)(=O)C2)CC1. The van der Waals surface area contributed by atoms with Gasteiger partial charge in [-0.05, 0) is 31.4 Å². The largest absolute Gasteiger partial charge is 0.465 e. The van der Waals surface area contributed by atoms with Crippen molar-refractivity contribution in [3.63, 3.8) is 0 Å². The highest BCUT2D eigenvalue weighted by atomic mass is 32.2. The molecule has 9 heteroatoms. The van der Waals surface area contributed by atoms with E-state index in [0.29, 0.717) is 19.3 Å². The van der Waals surface area contributed by atoms with Crippen molar-refractivity contribution in [2.75, 3.05) is 23.9 Å². The van der Waals surface area contributed by atoms with Gasteiger partial charge in [0.25, 0.3) is 0 Å². The number of carbonyl (C=O) groups excluding carboxylic acids is 3. The highest BCUT2D eigenvalue weighted by Crippen LogP contribution is 2.47. The third kappa shape index (κ3) is 3.57. The molecule has 26 heavy (non-hydrogen) atoms. The van der Waals surface area contributed by atoms with Crippen LogP contribution in [0.1, 0.15) is 29.6 Å². The van der Waals surface area contributed by atoms with Crippen LogP contribution >= 0.6 is 0 Å². The van der Waals surface area contributed by atoms with Gasteiger partial charge < -0.3 is 15.4 Å². The van der Waals surface area contributed by atoms with Gasteiger partial charge in [0.15, 0.2) is 9.84 Å². The van der Waals surface area contributed by atoms with Crippen LogP contribution in [0.25, 0.3) is 0 Å². The predicted molar refractivity (Wildman–Crippen MR) is 93.3 cm³/mol. The molecule has 3 rings (SSSR count). The first-order chi connectivity index (χ1) is 12.3. The Morgan fingerprint density at radius 1 is 1.15 bits per heavy atom. The van der Waals surface area contributed by atoms with Gasteiger partial charge in [-0.1, -0.05) is 12.1 Å². The molecule has 1 atom stereocenters. The smallest absolute Gasteiger partial charge is 0.339 e. The second kappa shape index (κ2) is 6.71. The fourth-order valence-corrected chi connectivity index (χ4v) is 4.71. The van der Waals surface area contributed by atoms with Crippen molar-refractivity contribution in [3.8, 4) is 0 Å². The zero-order valence-corrected chi connectivity index (χ0v) is 15.1. The maximum absolute atomic E-state index is 12.7. The van der Waals surface area contributed by atoms with Crippen LogP contribution < -0.4 is 10.6 Å². The van der Waals surface area contributed by atoms with Gasteiger partial charge in [-0.2, -0.15) is 0 Å². The molecule has 0 bridgehead atoms. The number of nitrogens with one attached hydrogen (secondary N) is 2. The Kier molecular flexibility index (Phi) is 4.74. The number of rotatable bonds is 5. The van der Waals surface area contributed by atoms with Crippen molar-refractivity contribution in [2.45, 2.75) is 25.3 Å². The number of ether oxygens (including phenoxy) is 1.